The molecule has 1 heterocycles. The van der Waals surface area contributed by atoms with Crippen molar-refractivity contribution in [2.75, 3.05) is 29.5 Å². The molecule has 9 nitrogen and oxygen atoms in total. The van der Waals surface area contributed by atoms with Gasteiger partial charge < -0.3 is 19.8 Å². The van der Waals surface area contributed by atoms with E-state index in [0.717, 1.165) is 6.26 Å². The van der Waals surface area contributed by atoms with Crippen molar-refractivity contribution in [2.45, 2.75) is 19.4 Å². The monoisotopic (exact) mass is 485 g/mol. The molecule has 1 aromatic heterocycles. The van der Waals surface area contributed by atoms with Crippen molar-refractivity contribution in [1.82, 2.24) is 5.32 Å². The van der Waals surface area contributed by atoms with Crippen molar-refractivity contribution >= 4 is 33.2 Å². The molecule has 180 valence electrons. The van der Waals surface area contributed by atoms with Gasteiger partial charge in [0.1, 0.15) is 11.5 Å². The number of ether oxygens (including phenoxy) is 1. The van der Waals surface area contributed by atoms with Crippen molar-refractivity contribution < 1.29 is 27.2 Å². The van der Waals surface area contributed by atoms with Gasteiger partial charge in [-0.3, -0.25) is 13.9 Å². The van der Waals surface area contributed by atoms with Crippen LogP contribution in [0.2, 0.25) is 0 Å². The van der Waals surface area contributed by atoms with Gasteiger partial charge in [-0.05, 0) is 42.8 Å². The van der Waals surface area contributed by atoms with Crippen molar-refractivity contribution in [1.29, 1.82) is 0 Å². The van der Waals surface area contributed by atoms with E-state index in [2.05, 4.69) is 10.6 Å². The number of furan rings is 1. The van der Waals surface area contributed by atoms with Gasteiger partial charge in [0.15, 0.2) is 0 Å². The Morgan fingerprint density at radius 2 is 1.76 bits per heavy atom. The molecule has 0 fully saturated rings. The second-order valence-electron chi connectivity index (χ2n) is 7.47. The van der Waals surface area contributed by atoms with Crippen molar-refractivity contribution in [3.63, 3.8) is 0 Å². The Balaban J connectivity index is 1.61. The fourth-order valence-electron chi connectivity index (χ4n) is 3.36. The predicted octanol–water partition coefficient (Wildman–Crippen LogP) is 3.40. The quantitative estimate of drug-likeness (QED) is 0.430. The molecule has 0 saturated carbocycles. The summed E-state index contributed by atoms with van der Waals surface area (Å²) < 4.78 is 36.4. The summed E-state index contributed by atoms with van der Waals surface area (Å²) in [5.74, 6) is 0.346. The SMILES string of the molecule is COc1ccccc1N(CCCC(=O)Nc1ccccc1C(=O)NCc1ccco1)S(C)(=O)=O. The fraction of sp³-hybridized carbons (Fsp3) is 0.250. The first-order valence-electron chi connectivity index (χ1n) is 10.6. The zero-order chi connectivity index (χ0) is 24.6. The molecule has 0 aliphatic heterocycles. The maximum absolute atomic E-state index is 12.6. The van der Waals surface area contributed by atoms with Gasteiger partial charge >= 0.3 is 0 Å². The maximum Gasteiger partial charge on any atom is 0.253 e. The summed E-state index contributed by atoms with van der Waals surface area (Å²) in [4.78, 5) is 25.2. The Kier molecular flexibility index (Phi) is 8.31. The van der Waals surface area contributed by atoms with E-state index in [0.29, 0.717) is 28.4 Å². The Labute approximate surface area is 198 Å². The highest BCUT2D eigenvalue weighted by atomic mass is 32.2. The molecular formula is C24H27N3O6S. The molecular weight excluding hydrogens is 458 g/mol. The highest BCUT2D eigenvalue weighted by Crippen LogP contribution is 2.29. The smallest absolute Gasteiger partial charge is 0.253 e. The van der Waals surface area contributed by atoms with E-state index < -0.39 is 10.0 Å². The fourth-order valence-corrected chi connectivity index (χ4v) is 4.33. The van der Waals surface area contributed by atoms with Gasteiger partial charge in [0.2, 0.25) is 15.9 Å². The van der Waals surface area contributed by atoms with Crippen LogP contribution in [0, 0.1) is 0 Å². The molecule has 0 aliphatic rings. The molecule has 0 bridgehead atoms. The summed E-state index contributed by atoms with van der Waals surface area (Å²) >= 11 is 0. The van der Waals surface area contributed by atoms with Crippen LogP contribution in [0.4, 0.5) is 11.4 Å². The Bertz CT molecular complexity index is 1230. The largest absolute Gasteiger partial charge is 0.495 e. The van der Waals surface area contributed by atoms with E-state index in [9.17, 15) is 18.0 Å². The van der Waals surface area contributed by atoms with Gasteiger partial charge in [-0.2, -0.15) is 0 Å². The molecule has 34 heavy (non-hydrogen) atoms. The van der Waals surface area contributed by atoms with Crippen LogP contribution in [0.15, 0.2) is 71.3 Å². The van der Waals surface area contributed by atoms with Crippen LogP contribution in [0.5, 0.6) is 5.75 Å². The van der Waals surface area contributed by atoms with Crippen molar-refractivity contribution in [3.05, 3.63) is 78.3 Å². The Morgan fingerprint density at radius 3 is 2.47 bits per heavy atom. The van der Waals surface area contributed by atoms with E-state index in [4.69, 9.17) is 9.15 Å². The highest BCUT2D eigenvalue weighted by molar-refractivity contribution is 7.92. The number of carbonyl (C=O) groups is 2. The normalized spacial score (nSPS) is 11.0. The summed E-state index contributed by atoms with van der Waals surface area (Å²) in [5, 5.41) is 5.49. The lowest BCUT2D eigenvalue weighted by Gasteiger charge is -2.24. The lowest BCUT2D eigenvalue weighted by molar-refractivity contribution is -0.116. The average molecular weight is 486 g/mol. The number of methoxy groups -OCH3 is 1. The van der Waals surface area contributed by atoms with Crippen LogP contribution in [0.25, 0.3) is 0 Å². The first kappa shape index (κ1) is 24.8. The molecule has 0 saturated heterocycles. The minimum atomic E-state index is -3.59. The average Bonchev–Trinajstić information content (AvgIpc) is 3.33. The number of nitrogens with one attached hydrogen (secondary N) is 2. The summed E-state index contributed by atoms with van der Waals surface area (Å²) in [5.41, 5.74) is 1.09. The van der Waals surface area contributed by atoms with Crippen LogP contribution in [0.1, 0.15) is 29.0 Å². The summed E-state index contributed by atoms with van der Waals surface area (Å²) in [6.07, 6.45) is 2.96. The third-order valence-corrected chi connectivity index (χ3v) is 6.15. The number of anilines is 2. The second kappa shape index (κ2) is 11.4. The summed E-state index contributed by atoms with van der Waals surface area (Å²) in [7, 11) is -2.12. The molecule has 0 aliphatic carbocycles. The zero-order valence-corrected chi connectivity index (χ0v) is 19.8. The van der Waals surface area contributed by atoms with E-state index in [1.807, 2.05) is 0 Å². The lowest BCUT2D eigenvalue weighted by atomic mass is 10.1. The first-order valence-corrected chi connectivity index (χ1v) is 12.4. The molecule has 3 aromatic rings. The third-order valence-electron chi connectivity index (χ3n) is 4.97. The van der Waals surface area contributed by atoms with Gasteiger partial charge in [0, 0.05) is 13.0 Å². The zero-order valence-electron chi connectivity index (χ0n) is 19.0. The van der Waals surface area contributed by atoms with Gasteiger partial charge in [-0.1, -0.05) is 24.3 Å². The number of benzene rings is 2. The van der Waals surface area contributed by atoms with Gasteiger partial charge in [-0.25, -0.2) is 8.42 Å². The number of rotatable bonds is 11. The minimum Gasteiger partial charge on any atom is -0.495 e. The van der Waals surface area contributed by atoms with Crippen molar-refractivity contribution in [3.8, 4) is 5.75 Å². The van der Waals surface area contributed by atoms with Gasteiger partial charge in [-0.15, -0.1) is 0 Å². The van der Waals surface area contributed by atoms with E-state index in [1.54, 1.807) is 60.7 Å². The number of hydrogen-bond acceptors (Lipinski definition) is 6. The van der Waals surface area contributed by atoms with Crippen LogP contribution >= 0.6 is 0 Å². The number of carbonyl (C=O) groups excluding carboxylic acids is 2. The predicted molar refractivity (Wildman–Crippen MR) is 129 cm³/mol. The molecule has 2 N–H and O–H groups in total. The molecule has 2 aromatic carbocycles. The number of nitrogens with zero attached hydrogens (tertiary/aromatic N) is 1. The van der Waals surface area contributed by atoms with Crippen molar-refractivity contribution in [2.24, 2.45) is 0 Å². The number of para-hydroxylation sites is 3. The molecule has 0 spiro atoms. The molecule has 10 heteroatoms. The van der Waals surface area contributed by atoms with Gasteiger partial charge in [0.25, 0.3) is 5.91 Å². The summed E-state index contributed by atoms with van der Waals surface area (Å²) in [6.45, 7) is 0.316. The van der Waals surface area contributed by atoms with E-state index in [1.165, 1.54) is 17.7 Å². The highest BCUT2D eigenvalue weighted by Gasteiger charge is 2.21. The van der Waals surface area contributed by atoms with Crippen LogP contribution in [-0.2, 0) is 21.4 Å². The first-order chi connectivity index (χ1) is 16.3. The van der Waals surface area contributed by atoms with E-state index in [-0.39, 0.29) is 37.7 Å². The minimum absolute atomic E-state index is 0.0590. The summed E-state index contributed by atoms with van der Waals surface area (Å²) in [6, 6.07) is 16.9. The number of amides is 2. The van der Waals surface area contributed by atoms with Crippen LogP contribution < -0.4 is 19.7 Å². The maximum atomic E-state index is 12.6. The topological polar surface area (TPSA) is 118 Å². The standard InChI is InChI=1S/C24H27N3O6S/c1-32-22-13-6-5-12-21(22)27(34(2,30)31)15-7-14-23(28)26-20-11-4-3-10-19(20)24(29)25-17-18-9-8-16-33-18/h3-6,8-13,16H,7,14-15,17H2,1-2H3,(H,25,29)(H,26,28). The molecule has 3 rings (SSSR count). The molecule has 0 atom stereocenters. The van der Waals surface area contributed by atoms with E-state index >= 15 is 0 Å². The molecule has 0 unspecified atom stereocenters. The third kappa shape index (κ3) is 6.61. The Morgan fingerprint density at radius 1 is 1.03 bits per heavy atom. The molecule has 2 amide bonds. The number of sulfonamides is 1. The molecule has 0 radical (unpaired) electrons. The van der Waals surface area contributed by atoms with Gasteiger partial charge in [0.05, 0.1) is 43.1 Å². The second-order valence-corrected chi connectivity index (χ2v) is 9.37. The lowest BCUT2D eigenvalue weighted by Crippen LogP contribution is -2.32. The van der Waals surface area contributed by atoms with Crippen LogP contribution in [-0.4, -0.2) is 40.1 Å². The number of hydrogen-bond donors (Lipinski definition) is 2. The van der Waals surface area contributed by atoms with Crippen LogP contribution in [0.3, 0.4) is 0 Å². The Hall–Kier alpha value is -3.79.